The third kappa shape index (κ3) is 5.13. The van der Waals surface area contributed by atoms with E-state index in [2.05, 4.69) is 232 Å². The fourth-order valence-electron chi connectivity index (χ4n) is 12.3. The molecule has 6 aromatic heterocycles. The van der Waals surface area contributed by atoms with Crippen molar-refractivity contribution in [3.8, 4) is 51.3 Å². The van der Waals surface area contributed by atoms with E-state index < -0.39 is 5.41 Å². The molecule has 1 aliphatic carbocycles. The van der Waals surface area contributed by atoms with E-state index in [0.29, 0.717) is 0 Å². The number of hydrogen-bond donors (Lipinski definition) is 0. The van der Waals surface area contributed by atoms with Crippen LogP contribution < -0.4 is 4.74 Å². The summed E-state index contributed by atoms with van der Waals surface area (Å²) in [6.07, 6.45) is 3.75. The van der Waals surface area contributed by atoms with Gasteiger partial charge >= 0.3 is 0 Å². The van der Waals surface area contributed by atoms with Crippen LogP contribution in [-0.2, 0) is 5.41 Å². The van der Waals surface area contributed by atoms with E-state index in [1.54, 1.807) is 0 Å². The summed E-state index contributed by atoms with van der Waals surface area (Å²) in [4.78, 5) is 15.5. The molecule has 1 aliphatic heterocycles. The Kier molecular flexibility index (Phi) is 7.69. The van der Waals surface area contributed by atoms with Gasteiger partial charge in [-0.05, 0) is 107 Å². The molecule has 1 spiro atoms. The zero-order valence-corrected chi connectivity index (χ0v) is 38.0. The van der Waals surface area contributed by atoms with Gasteiger partial charge < -0.3 is 9.30 Å². The highest BCUT2D eigenvalue weighted by atomic mass is 16.5. The fourth-order valence-corrected chi connectivity index (χ4v) is 12.3. The highest BCUT2D eigenvalue weighted by molar-refractivity contribution is 6.12. The molecule has 7 heteroatoms. The summed E-state index contributed by atoms with van der Waals surface area (Å²) in [6, 6.07) is 78.3. The number of aromatic nitrogens is 6. The summed E-state index contributed by atoms with van der Waals surface area (Å²) in [6.45, 7) is 0. The lowest BCUT2D eigenvalue weighted by Crippen LogP contribution is -2.32. The van der Waals surface area contributed by atoms with Crippen molar-refractivity contribution in [3.05, 3.63) is 253 Å². The lowest BCUT2D eigenvalue weighted by Gasteiger charge is -2.39. The second kappa shape index (κ2) is 14.2. The van der Waals surface area contributed by atoms with Gasteiger partial charge in [-0.1, -0.05) is 127 Å². The molecule has 0 bridgehead atoms. The van der Waals surface area contributed by atoms with Crippen LogP contribution >= 0.6 is 0 Å². The molecule has 0 saturated heterocycles. The van der Waals surface area contributed by atoms with Crippen molar-refractivity contribution in [2.45, 2.75) is 5.41 Å². The maximum Gasteiger partial charge on any atom is 0.140 e. The molecule has 71 heavy (non-hydrogen) atoms. The summed E-state index contributed by atoms with van der Waals surface area (Å²) in [5.41, 5.74) is 15.3. The average Bonchev–Trinajstić information content (AvgIpc) is 4.15. The Hall–Kier alpha value is -9.59. The van der Waals surface area contributed by atoms with Crippen LogP contribution in [0, 0.1) is 0 Å². The standard InChI is InChI=1S/C64H38N6O/c1-6-21-52-42(14-1)43-15-2-7-22-53(43)68(52)41-30-31-48-59(38-41)71-58-33-29-40(37-51(58)64(48)49-19-12-34-65-62(49)63-50(64)20-13-35-66-63)39-28-32-57-47(36-39)46-18-5-10-25-56(46)70(57)61-27-11-26-60(67-61)69-54-23-8-3-16-44(54)45-17-4-9-24-55(45)69/h1-38H. The molecular weight excluding hydrogens is 869 g/mol. The van der Waals surface area contributed by atoms with Crippen LogP contribution in [0.15, 0.2) is 231 Å². The minimum absolute atomic E-state index is 0.751. The third-order valence-corrected chi connectivity index (χ3v) is 15.2. The Labute approximate surface area is 406 Å². The van der Waals surface area contributed by atoms with Gasteiger partial charge in [0.1, 0.15) is 23.1 Å². The van der Waals surface area contributed by atoms with Crippen LogP contribution in [0.2, 0.25) is 0 Å². The number of pyridine rings is 3. The topological polar surface area (TPSA) is 62.7 Å². The maximum absolute atomic E-state index is 7.15. The van der Waals surface area contributed by atoms with Crippen LogP contribution in [-0.4, -0.2) is 28.7 Å². The quantitative estimate of drug-likeness (QED) is 0.176. The first-order chi connectivity index (χ1) is 35.2. The van der Waals surface area contributed by atoms with Crippen LogP contribution in [0.3, 0.4) is 0 Å². The second-order valence-electron chi connectivity index (χ2n) is 18.7. The Bertz CT molecular complexity index is 4440. The van der Waals surface area contributed by atoms with Crippen molar-refractivity contribution >= 4 is 65.4 Å². The van der Waals surface area contributed by atoms with Gasteiger partial charge in [-0.2, -0.15) is 0 Å². The molecule has 0 atom stereocenters. The van der Waals surface area contributed by atoms with Crippen LogP contribution in [0.5, 0.6) is 11.5 Å². The van der Waals surface area contributed by atoms with Crippen LogP contribution in [0.1, 0.15) is 22.3 Å². The molecule has 0 N–H and O–H groups in total. The van der Waals surface area contributed by atoms with Crippen molar-refractivity contribution in [2.75, 3.05) is 0 Å². The van der Waals surface area contributed by atoms with E-state index in [0.717, 1.165) is 117 Å². The molecule has 330 valence electrons. The van der Waals surface area contributed by atoms with Gasteiger partial charge in [0.15, 0.2) is 0 Å². The van der Waals surface area contributed by atoms with Crippen molar-refractivity contribution in [2.24, 2.45) is 0 Å². The lowest BCUT2D eigenvalue weighted by atomic mass is 9.66. The number of fused-ring (bicyclic) bond motifs is 18. The fraction of sp³-hybridized carbons (Fsp3) is 0.0156. The minimum Gasteiger partial charge on any atom is -0.457 e. The molecule has 7 nitrogen and oxygen atoms in total. The zero-order chi connectivity index (χ0) is 46.4. The highest BCUT2D eigenvalue weighted by Crippen LogP contribution is 2.62. The van der Waals surface area contributed by atoms with Gasteiger partial charge in [-0.3, -0.25) is 19.1 Å². The van der Waals surface area contributed by atoms with E-state index in [4.69, 9.17) is 19.7 Å². The monoisotopic (exact) mass is 906 g/mol. The predicted molar refractivity (Wildman–Crippen MR) is 286 cm³/mol. The van der Waals surface area contributed by atoms with Gasteiger partial charge in [-0.15, -0.1) is 0 Å². The molecule has 0 saturated carbocycles. The second-order valence-corrected chi connectivity index (χ2v) is 18.7. The maximum atomic E-state index is 7.15. The molecule has 0 fully saturated rings. The summed E-state index contributed by atoms with van der Waals surface area (Å²) in [5, 5.41) is 7.17. The van der Waals surface area contributed by atoms with E-state index >= 15 is 0 Å². The molecule has 0 unspecified atom stereocenters. The molecular formula is C64H38N6O. The largest absolute Gasteiger partial charge is 0.457 e. The molecule has 14 aromatic rings. The smallest absolute Gasteiger partial charge is 0.140 e. The normalized spacial score (nSPS) is 13.3. The Morgan fingerprint density at radius 3 is 1.37 bits per heavy atom. The molecule has 2 aliphatic rings. The summed E-state index contributed by atoms with van der Waals surface area (Å²) in [7, 11) is 0. The van der Waals surface area contributed by atoms with Crippen molar-refractivity contribution in [1.82, 2.24) is 28.7 Å². The highest BCUT2D eigenvalue weighted by Gasteiger charge is 2.52. The SMILES string of the molecule is c1cc(-n2c3ccccc3c3ccccc32)nc(-n2c3ccccc3c3cc(-c4ccc5c(c4)C4(c6ccc(-n7c8ccccc8c8ccccc87)cc6O5)c5cccnc5-c5ncccc54)ccc32)c1. The predicted octanol–water partition coefficient (Wildman–Crippen LogP) is 15.3. The van der Waals surface area contributed by atoms with Crippen molar-refractivity contribution in [3.63, 3.8) is 0 Å². The molecule has 8 aromatic carbocycles. The van der Waals surface area contributed by atoms with Crippen molar-refractivity contribution < 1.29 is 4.74 Å². The molecule has 0 radical (unpaired) electrons. The van der Waals surface area contributed by atoms with Gasteiger partial charge in [0.2, 0.25) is 0 Å². The molecule has 16 rings (SSSR count). The summed E-state index contributed by atoms with van der Waals surface area (Å²) >= 11 is 0. The third-order valence-electron chi connectivity index (χ3n) is 15.2. The van der Waals surface area contributed by atoms with Gasteiger partial charge in [0, 0.05) is 67.6 Å². The van der Waals surface area contributed by atoms with Gasteiger partial charge in [0.05, 0.1) is 49.9 Å². The first-order valence-corrected chi connectivity index (χ1v) is 24.1. The first-order valence-electron chi connectivity index (χ1n) is 24.1. The Balaban J connectivity index is 0.875. The summed E-state index contributed by atoms with van der Waals surface area (Å²) < 4.78 is 14.1. The Morgan fingerprint density at radius 1 is 0.324 bits per heavy atom. The number of ether oxygens (including phenoxy) is 1. The van der Waals surface area contributed by atoms with Gasteiger partial charge in [-0.25, -0.2) is 4.98 Å². The van der Waals surface area contributed by atoms with E-state index in [1.165, 1.54) is 21.5 Å². The van der Waals surface area contributed by atoms with Gasteiger partial charge in [0.25, 0.3) is 0 Å². The Morgan fingerprint density at radius 2 is 0.803 bits per heavy atom. The molecule has 0 amide bonds. The minimum atomic E-state index is -0.751. The van der Waals surface area contributed by atoms with Crippen LogP contribution in [0.4, 0.5) is 0 Å². The lowest BCUT2D eigenvalue weighted by molar-refractivity contribution is 0.436. The van der Waals surface area contributed by atoms with E-state index in [1.807, 2.05) is 12.4 Å². The van der Waals surface area contributed by atoms with E-state index in [9.17, 15) is 0 Å². The molecule has 7 heterocycles. The number of rotatable bonds is 4. The number of para-hydroxylation sites is 5. The average molecular weight is 907 g/mol. The first kappa shape index (κ1) is 38.4. The van der Waals surface area contributed by atoms with Crippen molar-refractivity contribution in [1.29, 1.82) is 0 Å². The summed E-state index contributed by atoms with van der Waals surface area (Å²) in [5.74, 6) is 3.34. The van der Waals surface area contributed by atoms with E-state index in [-0.39, 0.29) is 0 Å². The number of nitrogens with zero attached hydrogens (tertiary/aromatic N) is 6. The number of hydrogen-bond acceptors (Lipinski definition) is 4. The zero-order valence-electron chi connectivity index (χ0n) is 38.0. The number of benzene rings is 8. The van der Waals surface area contributed by atoms with Crippen LogP contribution in [0.25, 0.3) is 105 Å².